The number of carbonyl (C=O) groups excluding carboxylic acids is 1. The molecule has 1 aliphatic carbocycles. The number of hydrogen-bond donors (Lipinski definition) is 1. The zero-order chi connectivity index (χ0) is 10.8. The van der Waals surface area contributed by atoms with Gasteiger partial charge < -0.3 is 5.11 Å². The molecule has 1 saturated carbocycles. The minimum atomic E-state index is -1.16. The highest BCUT2D eigenvalue weighted by molar-refractivity contribution is 6.03. The lowest BCUT2D eigenvalue weighted by molar-refractivity contribution is -0.157. The predicted octanol–water partition coefficient (Wildman–Crippen LogP) is 2.17. The molecule has 1 N–H and O–H groups in total. The Morgan fingerprint density at radius 3 is 2.64 bits per heavy atom. The van der Waals surface area contributed by atoms with Crippen LogP contribution in [0.2, 0.25) is 0 Å². The summed E-state index contributed by atoms with van der Waals surface area (Å²) in [6, 6.07) is 0. The molecule has 0 aromatic rings. The van der Waals surface area contributed by atoms with E-state index >= 15 is 0 Å². The van der Waals surface area contributed by atoms with Crippen LogP contribution in [0, 0.1) is 5.41 Å². The van der Waals surface area contributed by atoms with Crippen LogP contribution in [-0.4, -0.2) is 16.9 Å². The van der Waals surface area contributed by atoms with Gasteiger partial charge in [0.1, 0.15) is 5.41 Å². The van der Waals surface area contributed by atoms with Crippen molar-refractivity contribution in [2.45, 2.75) is 39.0 Å². The van der Waals surface area contributed by atoms with Crippen molar-refractivity contribution in [1.82, 2.24) is 0 Å². The Bertz CT molecular complexity index is 280. The normalized spacial score (nSPS) is 27.4. The number of carboxylic acids is 1. The van der Waals surface area contributed by atoms with Crippen molar-refractivity contribution in [1.29, 1.82) is 0 Å². The minimum absolute atomic E-state index is 0.126. The molecule has 0 aromatic heterocycles. The third-order valence-corrected chi connectivity index (χ3v) is 2.80. The van der Waals surface area contributed by atoms with Crippen molar-refractivity contribution in [3.05, 3.63) is 12.2 Å². The van der Waals surface area contributed by atoms with Crippen molar-refractivity contribution in [3.8, 4) is 0 Å². The van der Waals surface area contributed by atoms with Crippen LogP contribution in [0.25, 0.3) is 0 Å². The summed E-state index contributed by atoms with van der Waals surface area (Å²) in [5.74, 6) is -1.11. The lowest BCUT2D eigenvalue weighted by Gasteiger charge is -2.31. The van der Waals surface area contributed by atoms with Crippen molar-refractivity contribution in [2.75, 3.05) is 0 Å². The van der Waals surface area contributed by atoms with Crippen LogP contribution in [-0.2, 0) is 9.59 Å². The molecule has 1 aliphatic rings. The summed E-state index contributed by atoms with van der Waals surface area (Å²) < 4.78 is 0. The van der Waals surface area contributed by atoms with Crippen molar-refractivity contribution in [3.63, 3.8) is 0 Å². The van der Waals surface area contributed by atoms with Crippen molar-refractivity contribution < 1.29 is 14.7 Å². The Labute approximate surface area is 83.8 Å². The molecule has 3 nitrogen and oxygen atoms in total. The first-order valence-electron chi connectivity index (χ1n) is 4.90. The minimum Gasteiger partial charge on any atom is -0.480 e. The number of aliphatic carboxylic acids is 1. The maximum Gasteiger partial charge on any atom is 0.317 e. The van der Waals surface area contributed by atoms with E-state index in [1.165, 1.54) is 0 Å². The van der Waals surface area contributed by atoms with Crippen LogP contribution in [0.3, 0.4) is 0 Å². The number of hydrogen-bond acceptors (Lipinski definition) is 2. The highest BCUT2D eigenvalue weighted by Crippen LogP contribution is 2.38. The lowest BCUT2D eigenvalue weighted by Crippen LogP contribution is -2.41. The molecule has 0 amide bonds. The van der Waals surface area contributed by atoms with Gasteiger partial charge in [-0.05, 0) is 26.2 Å². The van der Waals surface area contributed by atoms with E-state index in [4.69, 9.17) is 5.11 Å². The number of rotatable bonds is 3. The predicted molar refractivity (Wildman–Crippen MR) is 53.0 cm³/mol. The summed E-state index contributed by atoms with van der Waals surface area (Å²) in [4.78, 5) is 22.8. The Hall–Kier alpha value is -1.12. The van der Waals surface area contributed by atoms with Crippen molar-refractivity contribution >= 4 is 11.8 Å². The van der Waals surface area contributed by atoms with Gasteiger partial charge in [-0.25, -0.2) is 0 Å². The fraction of sp³-hybridized carbons (Fsp3) is 0.636. The van der Waals surface area contributed by atoms with E-state index in [9.17, 15) is 9.59 Å². The van der Waals surface area contributed by atoms with Gasteiger partial charge in [0, 0.05) is 6.42 Å². The fourth-order valence-electron chi connectivity index (χ4n) is 2.09. The third kappa shape index (κ3) is 1.86. The molecule has 1 fully saturated rings. The van der Waals surface area contributed by atoms with Gasteiger partial charge in [-0.15, -0.1) is 6.58 Å². The second-order valence-corrected chi connectivity index (χ2v) is 4.15. The summed E-state index contributed by atoms with van der Waals surface area (Å²) in [5.41, 5.74) is -0.396. The van der Waals surface area contributed by atoms with E-state index in [1.54, 1.807) is 6.92 Å². The number of carboxylic acid groups (broad SMARTS) is 1. The molecule has 3 heteroatoms. The summed E-state index contributed by atoms with van der Waals surface area (Å²) in [7, 11) is 0. The average Bonchev–Trinajstić information content (AvgIpc) is 2.08. The van der Waals surface area contributed by atoms with Gasteiger partial charge in [-0.1, -0.05) is 12.0 Å². The Morgan fingerprint density at radius 1 is 1.57 bits per heavy atom. The van der Waals surface area contributed by atoms with Gasteiger partial charge in [0.15, 0.2) is 5.78 Å². The molecular weight excluding hydrogens is 180 g/mol. The van der Waals surface area contributed by atoms with Gasteiger partial charge in [-0.3, -0.25) is 9.59 Å². The van der Waals surface area contributed by atoms with Gasteiger partial charge in [0.25, 0.3) is 0 Å². The van der Waals surface area contributed by atoms with Gasteiger partial charge in [-0.2, -0.15) is 0 Å². The second kappa shape index (κ2) is 3.95. The van der Waals surface area contributed by atoms with E-state index in [0.29, 0.717) is 19.3 Å². The second-order valence-electron chi connectivity index (χ2n) is 4.15. The standard InChI is InChI=1S/C11H16O3/c1-8(2)7-11(10(13)14)6-4-3-5-9(11)12/h1,3-7H2,2H3,(H,13,14). The lowest BCUT2D eigenvalue weighted by atomic mass is 9.69. The molecule has 14 heavy (non-hydrogen) atoms. The van der Waals surface area contributed by atoms with E-state index < -0.39 is 11.4 Å². The van der Waals surface area contributed by atoms with Gasteiger partial charge in [0.2, 0.25) is 0 Å². The smallest absolute Gasteiger partial charge is 0.317 e. The summed E-state index contributed by atoms with van der Waals surface area (Å²) >= 11 is 0. The number of allylic oxidation sites excluding steroid dienone is 1. The zero-order valence-corrected chi connectivity index (χ0v) is 8.51. The van der Waals surface area contributed by atoms with Crippen LogP contribution >= 0.6 is 0 Å². The Balaban J connectivity index is 2.95. The van der Waals surface area contributed by atoms with E-state index in [0.717, 1.165) is 18.4 Å². The topological polar surface area (TPSA) is 54.4 Å². The quantitative estimate of drug-likeness (QED) is 0.556. The molecule has 0 saturated heterocycles. The molecule has 0 bridgehead atoms. The van der Waals surface area contributed by atoms with Crippen LogP contribution in [0.15, 0.2) is 12.2 Å². The zero-order valence-electron chi connectivity index (χ0n) is 8.51. The van der Waals surface area contributed by atoms with E-state index in [2.05, 4.69) is 6.58 Å². The monoisotopic (exact) mass is 196 g/mol. The molecule has 78 valence electrons. The summed E-state index contributed by atoms with van der Waals surface area (Å²) in [5, 5.41) is 9.15. The van der Waals surface area contributed by atoms with Crippen LogP contribution in [0.5, 0.6) is 0 Å². The number of Topliss-reactive ketones (excluding diaryl/α,β-unsaturated/α-hetero) is 1. The van der Waals surface area contributed by atoms with Crippen molar-refractivity contribution in [2.24, 2.45) is 5.41 Å². The van der Waals surface area contributed by atoms with Gasteiger partial charge >= 0.3 is 5.97 Å². The molecule has 0 radical (unpaired) electrons. The van der Waals surface area contributed by atoms with Crippen LogP contribution in [0.4, 0.5) is 0 Å². The highest BCUT2D eigenvalue weighted by atomic mass is 16.4. The first kappa shape index (κ1) is 11.0. The highest BCUT2D eigenvalue weighted by Gasteiger charge is 2.46. The fourth-order valence-corrected chi connectivity index (χ4v) is 2.09. The summed E-state index contributed by atoms with van der Waals surface area (Å²) in [6.45, 7) is 5.47. The number of carbonyl (C=O) groups is 2. The molecule has 0 aliphatic heterocycles. The number of ketones is 1. The molecule has 0 aromatic carbocycles. The van der Waals surface area contributed by atoms with Gasteiger partial charge in [0.05, 0.1) is 0 Å². The summed E-state index contributed by atoms with van der Waals surface area (Å²) in [6.07, 6.45) is 2.81. The maximum absolute atomic E-state index is 11.7. The molecule has 1 atom stereocenters. The SMILES string of the molecule is C=C(C)CC1(C(=O)O)CCCCC1=O. The van der Waals surface area contributed by atoms with Crippen LogP contribution < -0.4 is 0 Å². The van der Waals surface area contributed by atoms with E-state index in [1.807, 2.05) is 0 Å². The molecule has 0 spiro atoms. The Kier molecular flexibility index (Phi) is 3.09. The van der Waals surface area contributed by atoms with E-state index in [-0.39, 0.29) is 5.78 Å². The Morgan fingerprint density at radius 2 is 2.21 bits per heavy atom. The first-order chi connectivity index (χ1) is 6.49. The molecule has 1 unspecified atom stereocenters. The third-order valence-electron chi connectivity index (χ3n) is 2.80. The maximum atomic E-state index is 11.7. The largest absolute Gasteiger partial charge is 0.480 e. The molecule has 1 rings (SSSR count). The van der Waals surface area contributed by atoms with Crippen LogP contribution in [0.1, 0.15) is 39.0 Å². The molecular formula is C11H16O3. The molecule has 0 heterocycles. The average molecular weight is 196 g/mol. The first-order valence-corrected chi connectivity index (χ1v) is 4.90.